The number of rotatable bonds is 12. The summed E-state index contributed by atoms with van der Waals surface area (Å²) in [6.07, 6.45) is 21.7. The minimum absolute atomic E-state index is 0.759. The van der Waals surface area contributed by atoms with Crippen LogP contribution in [0.5, 0.6) is 0 Å². The fourth-order valence-corrected chi connectivity index (χ4v) is 3.38. The van der Waals surface area contributed by atoms with Crippen molar-refractivity contribution in [1.29, 1.82) is 0 Å². The highest BCUT2D eigenvalue weighted by molar-refractivity contribution is 4.77. The summed E-state index contributed by atoms with van der Waals surface area (Å²) in [4.78, 5) is 0. The van der Waals surface area contributed by atoms with Gasteiger partial charge in [-0.3, -0.25) is 0 Å². The van der Waals surface area contributed by atoms with Crippen molar-refractivity contribution in [3.05, 3.63) is 12.7 Å². The first kappa shape index (κ1) is 17.8. The van der Waals surface area contributed by atoms with E-state index >= 15 is 0 Å². The van der Waals surface area contributed by atoms with Crippen LogP contribution in [0.4, 0.5) is 0 Å². The van der Waals surface area contributed by atoms with Crippen LogP contribution in [0.3, 0.4) is 0 Å². The van der Waals surface area contributed by atoms with Crippen LogP contribution in [0, 0.1) is 0 Å². The van der Waals surface area contributed by atoms with Gasteiger partial charge < -0.3 is 5.32 Å². The van der Waals surface area contributed by atoms with Gasteiger partial charge in [0.25, 0.3) is 0 Å². The molecule has 0 radical (unpaired) electrons. The fraction of sp³-hybridized carbons (Fsp3) is 0.895. The van der Waals surface area contributed by atoms with Crippen molar-refractivity contribution in [3.8, 4) is 0 Å². The first-order valence-corrected chi connectivity index (χ1v) is 9.20. The average molecular weight is 280 g/mol. The Morgan fingerprint density at radius 2 is 1.50 bits per heavy atom. The van der Waals surface area contributed by atoms with Gasteiger partial charge in [0.2, 0.25) is 0 Å². The molecule has 1 aliphatic rings. The van der Waals surface area contributed by atoms with Gasteiger partial charge in [0.05, 0.1) is 0 Å². The number of hydrogen-bond donors (Lipinski definition) is 1. The van der Waals surface area contributed by atoms with Crippen LogP contribution in [0.25, 0.3) is 0 Å². The molecule has 2 unspecified atom stereocenters. The van der Waals surface area contributed by atoms with Crippen molar-refractivity contribution in [1.82, 2.24) is 5.32 Å². The van der Waals surface area contributed by atoms with E-state index in [-0.39, 0.29) is 0 Å². The maximum Gasteiger partial charge on any atom is 0.00695 e. The highest BCUT2D eigenvalue weighted by Gasteiger charge is 2.16. The third-order valence-electron chi connectivity index (χ3n) is 4.67. The molecule has 1 fully saturated rings. The Morgan fingerprint density at radius 1 is 0.900 bits per heavy atom. The van der Waals surface area contributed by atoms with Crippen LogP contribution < -0.4 is 5.32 Å². The smallest absolute Gasteiger partial charge is 0.00695 e. The summed E-state index contributed by atoms with van der Waals surface area (Å²) in [5.41, 5.74) is 0. The number of nitrogens with one attached hydrogen (secondary N) is 1. The second-order valence-electron chi connectivity index (χ2n) is 6.74. The van der Waals surface area contributed by atoms with Gasteiger partial charge in [0.15, 0.2) is 0 Å². The first-order valence-electron chi connectivity index (χ1n) is 9.20. The molecular weight excluding hydrogens is 242 g/mol. The van der Waals surface area contributed by atoms with Crippen LogP contribution in [0.1, 0.15) is 96.8 Å². The first-order chi connectivity index (χ1) is 9.83. The summed E-state index contributed by atoms with van der Waals surface area (Å²) in [6, 6.07) is 1.58. The highest BCUT2D eigenvalue weighted by Crippen LogP contribution is 2.18. The molecule has 1 heterocycles. The van der Waals surface area contributed by atoms with Crippen LogP contribution >= 0.6 is 0 Å². The van der Waals surface area contributed by atoms with Crippen molar-refractivity contribution in [2.75, 3.05) is 0 Å². The van der Waals surface area contributed by atoms with Gasteiger partial charge in [-0.05, 0) is 39.0 Å². The molecule has 0 aromatic carbocycles. The predicted molar refractivity (Wildman–Crippen MR) is 91.2 cm³/mol. The van der Waals surface area contributed by atoms with E-state index in [1.165, 1.54) is 89.9 Å². The van der Waals surface area contributed by atoms with Crippen molar-refractivity contribution >= 4 is 0 Å². The van der Waals surface area contributed by atoms with Crippen molar-refractivity contribution < 1.29 is 0 Å². The molecule has 0 aromatic rings. The monoisotopic (exact) mass is 279 g/mol. The highest BCUT2D eigenvalue weighted by atomic mass is 15.0. The predicted octanol–water partition coefficient (Wildman–Crippen LogP) is 5.99. The third kappa shape index (κ3) is 9.58. The normalized spacial score (nSPS) is 22.9. The molecule has 2 atom stereocenters. The zero-order valence-corrected chi connectivity index (χ0v) is 13.8. The molecule has 0 spiro atoms. The quantitative estimate of drug-likeness (QED) is 0.341. The summed E-state index contributed by atoms with van der Waals surface area (Å²) >= 11 is 0. The van der Waals surface area contributed by atoms with Crippen LogP contribution in [0.2, 0.25) is 0 Å². The number of hydrogen-bond acceptors (Lipinski definition) is 1. The maximum atomic E-state index is 3.77. The Bertz CT molecular complexity index is 224. The molecule has 1 aliphatic heterocycles. The molecule has 1 heteroatoms. The van der Waals surface area contributed by atoms with E-state index in [4.69, 9.17) is 0 Å². The lowest BCUT2D eigenvalue weighted by Gasteiger charge is -2.28. The van der Waals surface area contributed by atoms with Crippen molar-refractivity contribution in [2.45, 2.75) is 109 Å². The second-order valence-corrected chi connectivity index (χ2v) is 6.74. The van der Waals surface area contributed by atoms with Crippen LogP contribution in [-0.2, 0) is 0 Å². The van der Waals surface area contributed by atoms with Gasteiger partial charge in [-0.15, -0.1) is 6.58 Å². The van der Waals surface area contributed by atoms with Crippen molar-refractivity contribution in [3.63, 3.8) is 0 Å². The Kier molecular flexibility index (Phi) is 11.0. The largest absolute Gasteiger partial charge is 0.312 e. The molecule has 1 rings (SSSR count). The van der Waals surface area contributed by atoms with Gasteiger partial charge in [-0.2, -0.15) is 0 Å². The summed E-state index contributed by atoms with van der Waals surface area (Å²) in [7, 11) is 0. The number of allylic oxidation sites excluding steroid dienone is 1. The molecule has 0 aromatic heterocycles. The van der Waals surface area contributed by atoms with Gasteiger partial charge in [-0.25, -0.2) is 0 Å². The molecular formula is C19H37N. The summed E-state index contributed by atoms with van der Waals surface area (Å²) in [6.45, 7) is 6.10. The Labute approximate surface area is 127 Å². The average Bonchev–Trinajstić information content (AvgIpc) is 2.45. The molecule has 1 nitrogen and oxygen atoms in total. The summed E-state index contributed by atoms with van der Waals surface area (Å²) in [5.74, 6) is 0. The Morgan fingerprint density at radius 3 is 2.10 bits per heavy atom. The standard InChI is InChI=1S/C19H37N/c1-3-4-5-6-7-8-9-10-11-12-13-16-19-17-14-15-18(2)20-19/h3,18-20H,1,4-17H2,2H3. The summed E-state index contributed by atoms with van der Waals surface area (Å²) in [5, 5.41) is 3.74. The Hall–Kier alpha value is -0.300. The molecule has 118 valence electrons. The SMILES string of the molecule is C=CCCCCCCCCCCCC1CCCC(C)N1. The number of unbranched alkanes of at least 4 members (excludes halogenated alkanes) is 9. The zero-order valence-electron chi connectivity index (χ0n) is 13.8. The molecule has 0 bridgehead atoms. The van der Waals surface area contributed by atoms with E-state index in [0.29, 0.717) is 0 Å². The molecule has 0 saturated carbocycles. The van der Waals surface area contributed by atoms with Gasteiger partial charge in [0, 0.05) is 12.1 Å². The summed E-state index contributed by atoms with van der Waals surface area (Å²) < 4.78 is 0. The maximum absolute atomic E-state index is 3.77. The Balaban J connectivity index is 1.77. The minimum atomic E-state index is 0.759. The van der Waals surface area contributed by atoms with E-state index in [1.54, 1.807) is 0 Å². The molecule has 1 N–H and O–H groups in total. The van der Waals surface area contributed by atoms with Gasteiger partial charge >= 0.3 is 0 Å². The van der Waals surface area contributed by atoms with Crippen LogP contribution in [0.15, 0.2) is 12.7 Å². The minimum Gasteiger partial charge on any atom is -0.312 e. The van der Waals surface area contributed by atoms with Gasteiger partial charge in [0.1, 0.15) is 0 Å². The van der Waals surface area contributed by atoms with E-state index in [1.807, 2.05) is 6.08 Å². The number of piperidine rings is 1. The molecule has 0 aliphatic carbocycles. The van der Waals surface area contributed by atoms with E-state index in [9.17, 15) is 0 Å². The van der Waals surface area contributed by atoms with Gasteiger partial charge in [-0.1, -0.05) is 63.9 Å². The van der Waals surface area contributed by atoms with E-state index in [0.717, 1.165) is 12.1 Å². The lowest BCUT2D eigenvalue weighted by molar-refractivity contribution is 0.314. The lowest BCUT2D eigenvalue weighted by Crippen LogP contribution is -2.40. The molecule has 1 saturated heterocycles. The second kappa shape index (κ2) is 12.4. The zero-order chi connectivity index (χ0) is 14.5. The lowest BCUT2D eigenvalue weighted by atomic mass is 9.95. The van der Waals surface area contributed by atoms with E-state index < -0.39 is 0 Å². The fourth-order valence-electron chi connectivity index (χ4n) is 3.38. The third-order valence-corrected chi connectivity index (χ3v) is 4.67. The molecule has 20 heavy (non-hydrogen) atoms. The van der Waals surface area contributed by atoms with Crippen LogP contribution in [-0.4, -0.2) is 12.1 Å². The van der Waals surface area contributed by atoms with E-state index in [2.05, 4.69) is 18.8 Å². The molecule has 0 amide bonds. The topological polar surface area (TPSA) is 12.0 Å². The van der Waals surface area contributed by atoms with Crippen molar-refractivity contribution in [2.24, 2.45) is 0 Å².